The zero-order chi connectivity index (χ0) is 18.7. The van der Waals surface area contributed by atoms with Crippen molar-refractivity contribution in [3.63, 3.8) is 0 Å². The number of amides is 1. The first kappa shape index (κ1) is 18.4. The lowest BCUT2D eigenvalue weighted by atomic mass is 10.1. The zero-order valence-electron chi connectivity index (χ0n) is 14.1. The molecule has 26 heavy (non-hydrogen) atoms. The molecule has 2 aromatic heterocycles. The predicted molar refractivity (Wildman–Crippen MR) is 99.2 cm³/mol. The van der Waals surface area contributed by atoms with Gasteiger partial charge >= 0.3 is 0 Å². The van der Waals surface area contributed by atoms with Gasteiger partial charge in [-0.1, -0.05) is 26.0 Å². The van der Waals surface area contributed by atoms with E-state index in [1.54, 1.807) is 50.4 Å². The van der Waals surface area contributed by atoms with Crippen LogP contribution in [0, 0.1) is 5.92 Å². The quantitative estimate of drug-likeness (QED) is 0.664. The second-order valence-corrected chi connectivity index (χ2v) is 8.15. The molecule has 3 aromatic rings. The van der Waals surface area contributed by atoms with E-state index in [1.165, 1.54) is 6.07 Å². The highest BCUT2D eigenvalue weighted by atomic mass is 32.2. The summed E-state index contributed by atoms with van der Waals surface area (Å²) in [5, 5.41) is 2.63. The minimum Gasteiger partial charge on any atom is -0.309 e. The fourth-order valence-electron chi connectivity index (χ4n) is 2.36. The van der Waals surface area contributed by atoms with Crippen LogP contribution in [0.15, 0.2) is 47.5 Å². The van der Waals surface area contributed by atoms with E-state index >= 15 is 0 Å². The fourth-order valence-corrected chi connectivity index (χ4v) is 4.47. The Kier molecular flexibility index (Phi) is 5.25. The average molecular weight is 391 g/mol. The number of rotatable bonds is 6. The van der Waals surface area contributed by atoms with E-state index < -0.39 is 22.0 Å². The van der Waals surface area contributed by atoms with Crippen LogP contribution in [-0.2, 0) is 14.8 Å². The van der Waals surface area contributed by atoms with Gasteiger partial charge in [0.15, 0.2) is 0 Å². The van der Waals surface area contributed by atoms with Crippen LogP contribution in [0.1, 0.15) is 13.8 Å². The molecular formula is C16H17N5O3S2. The molecule has 0 bridgehead atoms. The molecule has 1 amide bonds. The summed E-state index contributed by atoms with van der Waals surface area (Å²) in [5.41, 5.74) is 0.787. The topological polar surface area (TPSA) is 114 Å². The lowest BCUT2D eigenvalue weighted by Crippen LogP contribution is -2.47. The highest BCUT2D eigenvalue weighted by Crippen LogP contribution is 2.22. The van der Waals surface area contributed by atoms with Gasteiger partial charge in [0.1, 0.15) is 27.8 Å². The molecule has 0 aliphatic heterocycles. The molecule has 0 saturated carbocycles. The number of fused-ring (bicyclic) bond motifs is 1. The van der Waals surface area contributed by atoms with E-state index in [1.807, 2.05) is 0 Å². The van der Waals surface area contributed by atoms with Crippen LogP contribution in [-0.4, -0.2) is 34.1 Å². The second kappa shape index (κ2) is 7.44. The third-order valence-electron chi connectivity index (χ3n) is 3.69. The van der Waals surface area contributed by atoms with E-state index in [0.29, 0.717) is 11.3 Å². The summed E-state index contributed by atoms with van der Waals surface area (Å²) in [6.45, 7) is 3.52. The number of anilines is 1. The number of sulfonamides is 1. The Hall–Kier alpha value is -2.43. The standard InChI is InChI=1S/C16H17N5O3S2/c1-10(2)14(16(22)18-13-8-3-4-9-17-13)21-26(23,24)12-7-5-6-11-15(12)20-25-19-11/h3-10,14,21H,1-2H3,(H,17,18,22). The Morgan fingerprint density at radius 2 is 1.92 bits per heavy atom. The van der Waals surface area contributed by atoms with Crippen LogP contribution < -0.4 is 10.0 Å². The van der Waals surface area contributed by atoms with Crippen LogP contribution in [0.25, 0.3) is 11.0 Å². The Morgan fingerprint density at radius 1 is 1.12 bits per heavy atom. The van der Waals surface area contributed by atoms with E-state index in [4.69, 9.17) is 0 Å². The van der Waals surface area contributed by atoms with Gasteiger partial charge in [0, 0.05) is 6.20 Å². The van der Waals surface area contributed by atoms with Crippen molar-refractivity contribution < 1.29 is 13.2 Å². The Labute approximate surface area is 155 Å². The van der Waals surface area contributed by atoms with Crippen LogP contribution in [0.2, 0.25) is 0 Å². The Morgan fingerprint density at radius 3 is 2.62 bits per heavy atom. The summed E-state index contributed by atoms with van der Waals surface area (Å²) in [6, 6.07) is 8.84. The first-order valence-electron chi connectivity index (χ1n) is 7.84. The zero-order valence-corrected chi connectivity index (χ0v) is 15.7. The molecule has 0 fully saturated rings. The highest BCUT2D eigenvalue weighted by molar-refractivity contribution is 7.89. The third-order valence-corrected chi connectivity index (χ3v) is 5.70. The van der Waals surface area contributed by atoms with Gasteiger partial charge in [0.25, 0.3) is 0 Å². The van der Waals surface area contributed by atoms with Crippen LogP contribution in [0.4, 0.5) is 5.82 Å². The maximum absolute atomic E-state index is 12.8. The van der Waals surface area contributed by atoms with Gasteiger partial charge in [0.2, 0.25) is 15.9 Å². The van der Waals surface area contributed by atoms with E-state index in [9.17, 15) is 13.2 Å². The van der Waals surface area contributed by atoms with Crippen LogP contribution in [0.5, 0.6) is 0 Å². The molecule has 0 aliphatic carbocycles. The van der Waals surface area contributed by atoms with Crippen molar-refractivity contribution >= 4 is 44.5 Å². The van der Waals surface area contributed by atoms with Crippen molar-refractivity contribution in [2.24, 2.45) is 5.92 Å². The Balaban J connectivity index is 1.87. The summed E-state index contributed by atoms with van der Waals surface area (Å²) in [4.78, 5) is 16.6. The Bertz CT molecular complexity index is 1020. The van der Waals surface area contributed by atoms with Crippen molar-refractivity contribution in [3.05, 3.63) is 42.6 Å². The molecule has 2 N–H and O–H groups in total. The van der Waals surface area contributed by atoms with E-state index in [2.05, 4.69) is 23.8 Å². The van der Waals surface area contributed by atoms with Crippen LogP contribution in [0.3, 0.4) is 0 Å². The highest BCUT2D eigenvalue weighted by Gasteiger charge is 2.30. The average Bonchev–Trinajstić information content (AvgIpc) is 3.08. The van der Waals surface area contributed by atoms with E-state index in [0.717, 1.165) is 11.7 Å². The minimum absolute atomic E-state index is 0.0000334. The third kappa shape index (κ3) is 3.87. The molecule has 1 aromatic carbocycles. The largest absolute Gasteiger partial charge is 0.309 e. The fraction of sp³-hybridized carbons (Fsp3) is 0.250. The van der Waals surface area contributed by atoms with Crippen molar-refractivity contribution in [1.29, 1.82) is 0 Å². The molecule has 8 nitrogen and oxygen atoms in total. The molecule has 0 spiro atoms. The number of hydrogen-bond acceptors (Lipinski definition) is 7. The minimum atomic E-state index is -3.97. The molecule has 0 radical (unpaired) electrons. The lowest BCUT2D eigenvalue weighted by Gasteiger charge is -2.21. The molecule has 3 rings (SSSR count). The van der Waals surface area contributed by atoms with Gasteiger partial charge in [0.05, 0.1) is 11.7 Å². The molecule has 136 valence electrons. The first-order valence-corrected chi connectivity index (χ1v) is 10.1. The molecular weight excluding hydrogens is 374 g/mol. The molecule has 1 unspecified atom stereocenters. The van der Waals surface area contributed by atoms with Gasteiger partial charge in [-0.3, -0.25) is 4.79 Å². The maximum Gasteiger partial charge on any atom is 0.243 e. The normalized spacial score (nSPS) is 13.0. The molecule has 0 saturated heterocycles. The van der Waals surface area contributed by atoms with Gasteiger partial charge in [-0.2, -0.15) is 13.5 Å². The number of carbonyl (C=O) groups is 1. The van der Waals surface area contributed by atoms with Gasteiger partial charge < -0.3 is 5.32 Å². The van der Waals surface area contributed by atoms with Crippen molar-refractivity contribution in [2.45, 2.75) is 24.8 Å². The summed E-state index contributed by atoms with van der Waals surface area (Å²) in [5.74, 6) is -0.403. The first-order chi connectivity index (χ1) is 12.4. The van der Waals surface area contributed by atoms with Crippen LogP contribution >= 0.6 is 11.7 Å². The summed E-state index contributed by atoms with van der Waals surface area (Å²) < 4.78 is 36.3. The number of aromatic nitrogens is 3. The van der Waals surface area contributed by atoms with Gasteiger partial charge in [-0.25, -0.2) is 13.4 Å². The molecule has 2 heterocycles. The number of pyridine rings is 1. The van der Waals surface area contributed by atoms with Gasteiger partial charge in [-0.05, 0) is 30.2 Å². The number of nitrogens with one attached hydrogen (secondary N) is 2. The van der Waals surface area contributed by atoms with E-state index in [-0.39, 0.29) is 16.3 Å². The monoisotopic (exact) mass is 391 g/mol. The summed E-state index contributed by atoms with van der Waals surface area (Å²) >= 11 is 0.937. The van der Waals surface area contributed by atoms with Crippen molar-refractivity contribution in [1.82, 2.24) is 18.5 Å². The number of benzene rings is 1. The summed E-state index contributed by atoms with van der Waals surface area (Å²) in [6.07, 6.45) is 1.54. The molecule has 10 heteroatoms. The second-order valence-electron chi connectivity index (χ2n) is 5.94. The smallest absolute Gasteiger partial charge is 0.243 e. The number of nitrogens with zero attached hydrogens (tertiary/aromatic N) is 3. The lowest BCUT2D eigenvalue weighted by molar-refractivity contribution is -0.118. The number of hydrogen-bond donors (Lipinski definition) is 2. The maximum atomic E-state index is 12.8. The predicted octanol–water partition coefficient (Wildman–Crippen LogP) is 2.03. The molecule has 1 atom stereocenters. The van der Waals surface area contributed by atoms with Crippen molar-refractivity contribution in [2.75, 3.05) is 5.32 Å². The number of carbonyl (C=O) groups excluding carboxylic acids is 1. The van der Waals surface area contributed by atoms with Gasteiger partial charge in [-0.15, -0.1) is 0 Å². The summed E-state index contributed by atoms with van der Waals surface area (Å²) in [7, 11) is -3.97. The SMILES string of the molecule is CC(C)C(NS(=O)(=O)c1cccc2nsnc12)C(=O)Nc1ccccn1. The molecule has 0 aliphatic rings. The van der Waals surface area contributed by atoms with Crippen molar-refractivity contribution in [3.8, 4) is 0 Å².